The zero-order valence-corrected chi connectivity index (χ0v) is 10.2. The van der Waals surface area contributed by atoms with Crippen LogP contribution in [0.15, 0.2) is 0 Å². The number of carbonyl (C=O) groups excluding carboxylic acids is 2. The van der Waals surface area contributed by atoms with Gasteiger partial charge in [-0.3, -0.25) is 9.69 Å². The van der Waals surface area contributed by atoms with Crippen molar-refractivity contribution in [2.45, 2.75) is 51.9 Å². The van der Waals surface area contributed by atoms with Gasteiger partial charge in [-0.05, 0) is 34.1 Å². The van der Waals surface area contributed by atoms with Gasteiger partial charge in [0.25, 0.3) is 0 Å². The van der Waals surface area contributed by atoms with Gasteiger partial charge in [0.05, 0.1) is 6.10 Å². The second kappa shape index (κ2) is 4.41. The highest BCUT2D eigenvalue weighted by molar-refractivity contribution is 5.86. The molecule has 16 heavy (non-hydrogen) atoms. The van der Waals surface area contributed by atoms with Gasteiger partial charge in [-0.1, -0.05) is 0 Å². The molecular weight excluding hydrogens is 210 g/mol. The minimum Gasteiger partial charge on any atom is -0.444 e. The minimum atomic E-state index is -0.773. The molecule has 0 radical (unpaired) electrons. The molecule has 5 nitrogen and oxygen atoms in total. The first-order valence-electron chi connectivity index (χ1n) is 5.40. The van der Waals surface area contributed by atoms with Gasteiger partial charge in [-0.15, -0.1) is 0 Å². The highest BCUT2D eigenvalue weighted by Crippen LogP contribution is 2.21. The predicted octanol–water partition coefficient (Wildman–Crippen LogP) is 0.946. The first-order chi connectivity index (χ1) is 7.22. The Morgan fingerprint density at radius 3 is 2.38 bits per heavy atom. The topological polar surface area (TPSA) is 66.8 Å². The van der Waals surface area contributed by atoms with E-state index in [-0.39, 0.29) is 5.78 Å². The van der Waals surface area contributed by atoms with E-state index in [4.69, 9.17) is 4.74 Å². The number of ketones is 1. The second-order valence-corrected chi connectivity index (χ2v) is 5.09. The summed E-state index contributed by atoms with van der Waals surface area (Å²) in [6, 6.07) is -0.755. The Hall–Kier alpha value is -1.10. The molecule has 0 unspecified atom stereocenters. The summed E-state index contributed by atoms with van der Waals surface area (Å²) >= 11 is 0. The van der Waals surface area contributed by atoms with Crippen LogP contribution in [-0.2, 0) is 9.53 Å². The number of amides is 1. The van der Waals surface area contributed by atoms with Crippen LogP contribution in [-0.4, -0.2) is 46.2 Å². The number of hydrogen-bond acceptors (Lipinski definition) is 4. The van der Waals surface area contributed by atoms with Crippen LogP contribution in [0.25, 0.3) is 0 Å². The Labute approximate surface area is 95.4 Å². The zero-order valence-electron chi connectivity index (χ0n) is 10.2. The molecule has 2 atom stereocenters. The van der Waals surface area contributed by atoms with Crippen LogP contribution >= 0.6 is 0 Å². The van der Waals surface area contributed by atoms with E-state index in [9.17, 15) is 14.7 Å². The van der Waals surface area contributed by atoms with E-state index in [1.54, 1.807) is 20.8 Å². The van der Waals surface area contributed by atoms with Crippen LogP contribution in [0.3, 0.4) is 0 Å². The van der Waals surface area contributed by atoms with E-state index in [1.165, 1.54) is 11.8 Å². The maximum atomic E-state index is 11.8. The molecule has 0 bridgehead atoms. The summed E-state index contributed by atoms with van der Waals surface area (Å²) in [6.07, 6.45) is -0.891. The number of ether oxygens (including phenoxy) is 1. The van der Waals surface area contributed by atoms with E-state index in [2.05, 4.69) is 0 Å². The SMILES string of the molecule is CC(=O)[C@@H]1[C@@H](O)CCN1C(=O)OC(C)(C)C. The number of aliphatic hydroxyl groups is 1. The number of aliphatic hydroxyl groups excluding tert-OH is 1. The van der Waals surface area contributed by atoms with Crippen molar-refractivity contribution in [2.24, 2.45) is 0 Å². The summed E-state index contributed by atoms with van der Waals surface area (Å²) in [5.74, 6) is -0.212. The van der Waals surface area contributed by atoms with Crippen LogP contribution in [0.5, 0.6) is 0 Å². The number of carbonyl (C=O) groups is 2. The lowest BCUT2D eigenvalue weighted by atomic mass is 10.1. The van der Waals surface area contributed by atoms with Gasteiger partial charge < -0.3 is 9.84 Å². The van der Waals surface area contributed by atoms with Crippen LogP contribution in [0.2, 0.25) is 0 Å². The lowest BCUT2D eigenvalue weighted by molar-refractivity contribution is -0.123. The molecule has 92 valence electrons. The Balaban J connectivity index is 2.73. The summed E-state index contributed by atoms with van der Waals surface area (Å²) in [4.78, 5) is 24.4. The Morgan fingerprint density at radius 2 is 1.94 bits per heavy atom. The highest BCUT2D eigenvalue weighted by Gasteiger charge is 2.40. The van der Waals surface area contributed by atoms with Crippen LogP contribution in [0.4, 0.5) is 4.79 Å². The number of hydrogen-bond donors (Lipinski definition) is 1. The summed E-state index contributed by atoms with van der Waals surface area (Å²) in [6.45, 7) is 7.03. The maximum absolute atomic E-state index is 11.8. The quantitative estimate of drug-likeness (QED) is 0.726. The smallest absolute Gasteiger partial charge is 0.410 e. The molecule has 1 aliphatic heterocycles. The molecule has 0 saturated carbocycles. The maximum Gasteiger partial charge on any atom is 0.410 e. The van der Waals surface area contributed by atoms with Crippen molar-refractivity contribution in [3.05, 3.63) is 0 Å². The van der Waals surface area contributed by atoms with Gasteiger partial charge in [-0.2, -0.15) is 0 Å². The van der Waals surface area contributed by atoms with Crippen LogP contribution in [0.1, 0.15) is 34.1 Å². The van der Waals surface area contributed by atoms with Gasteiger partial charge >= 0.3 is 6.09 Å². The standard InChI is InChI=1S/C11H19NO4/c1-7(13)9-8(14)5-6-12(9)10(15)16-11(2,3)4/h8-9,14H,5-6H2,1-4H3/t8-,9+/m0/s1. The third kappa shape index (κ3) is 2.95. The Kier molecular flexibility index (Phi) is 3.57. The number of Topliss-reactive ketones (excluding diaryl/α,β-unsaturated/α-hetero) is 1. The van der Waals surface area contributed by atoms with E-state index in [0.717, 1.165) is 0 Å². The molecule has 1 amide bonds. The third-order valence-electron chi connectivity index (χ3n) is 2.41. The minimum absolute atomic E-state index is 0.212. The van der Waals surface area contributed by atoms with E-state index in [0.29, 0.717) is 13.0 Å². The van der Waals surface area contributed by atoms with Crippen LogP contribution < -0.4 is 0 Å². The molecule has 1 saturated heterocycles. The van der Waals surface area contributed by atoms with Crippen molar-refractivity contribution >= 4 is 11.9 Å². The summed E-state index contributed by atoms with van der Waals surface area (Å²) in [5, 5.41) is 9.61. The molecule has 0 spiro atoms. The van der Waals surface area contributed by atoms with Crippen molar-refractivity contribution < 1.29 is 19.4 Å². The summed E-state index contributed by atoms with van der Waals surface area (Å²) in [7, 11) is 0. The molecule has 1 N–H and O–H groups in total. The average molecular weight is 229 g/mol. The average Bonchev–Trinajstić information content (AvgIpc) is 2.43. The number of likely N-dealkylation sites (tertiary alicyclic amines) is 1. The van der Waals surface area contributed by atoms with Crippen LogP contribution in [0, 0.1) is 0 Å². The molecule has 0 aliphatic carbocycles. The molecule has 1 heterocycles. The molecular formula is C11H19NO4. The van der Waals surface area contributed by atoms with E-state index in [1.807, 2.05) is 0 Å². The van der Waals surface area contributed by atoms with Gasteiger partial charge in [-0.25, -0.2) is 4.79 Å². The van der Waals surface area contributed by atoms with Gasteiger partial charge in [0.2, 0.25) is 0 Å². The fourth-order valence-electron chi connectivity index (χ4n) is 1.79. The molecule has 0 aromatic carbocycles. The molecule has 0 aromatic rings. The van der Waals surface area contributed by atoms with Gasteiger partial charge in [0, 0.05) is 6.54 Å². The molecule has 1 rings (SSSR count). The molecule has 1 fully saturated rings. The number of rotatable bonds is 1. The van der Waals surface area contributed by atoms with Crippen molar-refractivity contribution in [1.82, 2.24) is 4.90 Å². The monoisotopic (exact) mass is 229 g/mol. The van der Waals surface area contributed by atoms with Gasteiger partial charge in [0.15, 0.2) is 5.78 Å². The molecule has 1 aliphatic rings. The summed E-state index contributed by atoms with van der Waals surface area (Å²) < 4.78 is 5.17. The lowest BCUT2D eigenvalue weighted by Gasteiger charge is -2.28. The van der Waals surface area contributed by atoms with Crippen molar-refractivity contribution in [2.75, 3.05) is 6.54 Å². The van der Waals surface area contributed by atoms with Crippen molar-refractivity contribution in [3.63, 3.8) is 0 Å². The fourth-order valence-corrected chi connectivity index (χ4v) is 1.79. The largest absolute Gasteiger partial charge is 0.444 e. The zero-order chi connectivity index (χ0) is 12.5. The second-order valence-electron chi connectivity index (χ2n) is 5.09. The Bertz CT molecular complexity index is 295. The molecule has 0 aromatic heterocycles. The van der Waals surface area contributed by atoms with E-state index < -0.39 is 23.8 Å². The third-order valence-corrected chi connectivity index (χ3v) is 2.41. The van der Waals surface area contributed by atoms with Gasteiger partial charge in [0.1, 0.15) is 11.6 Å². The van der Waals surface area contributed by atoms with E-state index >= 15 is 0 Å². The normalized spacial score (nSPS) is 25.7. The first kappa shape index (κ1) is 13.0. The Morgan fingerprint density at radius 1 is 1.38 bits per heavy atom. The number of nitrogens with zero attached hydrogens (tertiary/aromatic N) is 1. The highest BCUT2D eigenvalue weighted by atomic mass is 16.6. The fraction of sp³-hybridized carbons (Fsp3) is 0.818. The lowest BCUT2D eigenvalue weighted by Crippen LogP contribution is -2.46. The van der Waals surface area contributed by atoms with Crippen molar-refractivity contribution in [3.8, 4) is 0 Å². The molecule has 5 heteroatoms. The predicted molar refractivity (Wildman–Crippen MR) is 58.0 cm³/mol. The van der Waals surface area contributed by atoms with Crippen molar-refractivity contribution in [1.29, 1.82) is 0 Å². The first-order valence-corrected chi connectivity index (χ1v) is 5.40. The summed E-state index contributed by atoms with van der Waals surface area (Å²) in [5.41, 5.74) is -0.591.